The molecule has 11 nitrogen and oxygen atoms in total. The predicted octanol–water partition coefficient (Wildman–Crippen LogP) is 4.27. The zero-order valence-corrected chi connectivity index (χ0v) is 25.3. The quantitative estimate of drug-likeness (QED) is 0.319. The fourth-order valence-corrected chi connectivity index (χ4v) is 7.53. The number of aryl methyl sites for hydroxylation is 2. The number of fused-ring (bicyclic) bond motifs is 2. The lowest BCUT2D eigenvalue weighted by Crippen LogP contribution is -2.60. The fraction of sp³-hybridized carbons (Fsp3) is 0.400. The first kappa shape index (κ1) is 30.0. The van der Waals surface area contributed by atoms with E-state index in [9.17, 15) is 27.1 Å². The lowest BCUT2D eigenvalue weighted by Gasteiger charge is -2.41. The summed E-state index contributed by atoms with van der Waals surface area (Å²) in [7, 11) is -4.03. The van der Waals surface area contributed by atoms with Crippen LogP contribution in [-0.4, -0.2) is 68.7 Å². The van der Waals surface area contributed by atoms with Gasteiger partial charge in [0, 0.05) is 24.9 Å². The summed E-state index contributed by atoms with van der Waals surface area (Å²) in [4.78, 5) is 16.8. The number of halogens is 2. The molecule has 0 aliphatic carbocycles. The second-order valence-corrected chi connectivity index (χ2v) is 13.9. The van der Waals surface area contributed by atoms with Crippen LogP contribution in [-0.2, 0) is 26.1 Å². The van der Waals surface area contributed by atoms with Crippen LogP contribution in [0.4, 0.5) is 8.78 Å². The highest BCUT2D eigenvalue weighted by Crippen LogP contribution is 2.44. The van der Waals surface area contributed by atoms with E-state index >= 15 is 0 Å². The number of rotatable bonds is 7. The highest BCUT2D eigenvalue weighted by molar-refractivity contribution is 7.89. The summed E-state index contributed by atoms with van der Waals surface area (Å²) in [5.41, 5.74) is 1.14. The predicted molar refractivity (Wildman–Crippen MR) is 153 cm³/mol. The van der Waals surface area contributed by atoms with Crippen LogP contribution in [0.3, 0.4) is 0 Å². The zero-order chi connectivity index (χ0) is 31.6. The average Bonchev–Trinajstić information content (AvgIpc) is 3.36. The number of alkyl halides is 2. The first-order valence-corrected chi connectivity index (χ1v) is 15.4. The molecule has 0 bridgehead atoms. The van der Waals surface area contributed by atoms with E-state index in [0.29, 0.717) is 22.3 Å². The van der Waals surface area contributed by atoms with Crippen molar-refractivity contribution < 1.29 is 36.6 Å². The van der Waals surface area contributed by atoms with E-state index in [1.807, 2.05) is 25.1 Å². The Bertz CT molecular complexity index is 1890. The second-order valence-electron chi connectivity index (χ2n) is 12.0. The molecule has 2 aliphatic heterocycles. The lowest BCUT2D eigenvalue weighted by atomic mass is 9.70. The summed E-state index contributed by atoms with van der Waals surface area (Å²) >= 11 is 0. The number of carbonyl (C=O) groups is 1. The number of aromatic nitrogens is 4. The maximum absolute atomic E-state index is 13.9. The van der Waals surface area contributed by atoms with Crippen LogP contribution >= 0.6 is 0 Å². The molecule has 5 heterocycles. The molecule has 0 amide bonds. The Morgan fingerprint density at radius 1 is 1.16 bits per heavy atom. The molecule has 1 fully saturated rings. The molecule has 4 aromatic rings. The number of carboxylic acid groups (broad SMARTS) is 1. The molecule has 232 valence electrons. The number of sulfonamides is 1. The Kier molecular flexibility index (Phi) is 7.21. The lowest BCUT2D eigenvalue weighted by molar-refractivity contribution is -0.166. The Labute approximate surface area is 252 Å². The van der Waals surface area contributed by atoms with E-state index in [4.69, 9.17) is 9.47 Å². The van der Waals surface area contributed by atoms with Gasteiger partial charge in [-0.15, -0.1) is 10.2 Å². The number of aliphatic carboxylic acids is 1. The number of pyridine rings is 2. The summed E-state index contributed by atoms with van der Waals surface area (Å²) in [6, 6.07) is 10.1. The Balaban J connectivity index is 1.45. The van der Waals surface area contributed by atoms with E-state index in [-0.39, 0.29) is 42.7 Å². The van der Waals surface area contributed by atoms with Crippen LogP contribution in [0.2, 0.25) is 0 Å². The van der Waals surface area contributed by atoms with Crippen molar-refractivity contribution in [2.45, 2.75) is 57.1 Å². The maximum atomic E-state index is 13.9. The van der Waals surface area contributed by atoms with Gasteiger partial charge in [-0.1, -0.05) is 18.2 Å². The number of hydrogen-bond acceptors (Lipinski definition) is 8. The van der Waals surface area contributed by atoms with Gasteiger partial charge in [-0.3, -0.25) is 9.20 Å². The molecule has 0 saturated carbocycles. The average molecular weight is 628 g/mol. The van der Waals surface area contributed by atoms with Gasteiger partial charge < -0.3 is 14.6 Å². The van der Waals surface area contributed by atoms with Gasteiger partial charge in [-0.2, -0.15) is 4.31 Å². The molecule has 1 N–H and O–H groups in total. The molecule has 1 unspecified atom stereocenters. The van der Waals surface area contributed by atoms with Crippen molar-refractivity contribution in [2.24, 2.45) is 5.41 Å². The summed E-state index contributed by atoms with van der Waals surface area (Å²) in [6.45, 7) is 7.19. The monoisotopic (exact) mass is 627 g/mol. The third-order valence-electron chi connectivity index (χ3n) is 8.59. The maximum Gasteiger partial charge on any atom is 0.310 e. The Hall–Kier alpha value is -4.01. The molecule has 1 spiro atoms. The van der Waals surface area contributed by atoms with Gasteiger partial charge in [0.2, 0.25) is 21.7 Å². The number of ether oxygens (including phenoxy) is 2. The van der Waals surface area contributed by atoms with Crippen molar-refractivity contribution in [3.63, 3.8) is 0 Å². The van der Waals surface area contributed by atoms with Crippen LogP contribution in [0, 0.1) is 19.3 Å². The fourth-order valence-electron chi connectivity index (χ4n) is 5.97. The Morgan fingerprint density at radius 2 is 1.91 bits per heavy atom. The van der Waals surface area contributed by atoms with Crippen LogP contribution in [0.25, 0.3) is 5.65 Å². The smallest absolute Gasteiger partial charge is 0.310 e. The second kappa shape index (κ2) is 10.6. The van der Waals surface area contributed by atoms with E-state index < -0.39 is 45.2 Å². The molecule has 3 aromatic heterocycles. The van der Waals surface area contributed by atoms with Crippen LogP contribution in [0.1, 0.15) is 59.8 Å². The SMILES string of the molecule is Cc1ccc(C(c2ccn3c(C(F)F)nnc3c2C)C(C)(C)C(=O)O)cc1CN1CC2(COC2)Oc2ncccc2S1(=O)=O. The van der Waals surface area contributed by atoms with Gasteiger partial charge >= 0.3 is 5.97 Å². The molecule has 2 aliphatic rings. The van der Waals surface area contributed by atoms with E-state index in [1.54, 1.807) is 26.8 Å². The van der Waals surface area contributed by atoms with E-state index in [2.05, 4.69) is 15.2 Å². The largest absolute Gasteiger partial charge is 0.481 e. The highest BCUT2D eigenvalue weighted by Gasteiger charge is 2.49. The highest BCUT2D eigenvalue weighted by atomic mass is 32.2. The summed E-state index contributed by atoms with van der Waals surface area (Å²) in [5.74, 6) is -2.30. The molecule has 1 atom stereocenters. The van der Waals surface area contributed by atoms with Crippen molar-refractivity contribution in [1.82, 2.24) is 23.9 Å². The third kappa shape index (κ3) is 4.81. The van der Waals surface area contributed by atoms with Crippen molar-refractivity contribution >= 4 is 21.6 Å². The van der Waals surface area contributed by atoms with Gasteiger partial charge in [0.15, 0.2) is 11.2 Å². The normalized spacial score (nSPS) is 18.4. The summed E-state index contributed by atoms with van der Waals surface area (Å²) in [5, 5.41) is 17.9. The van der Waals surface area contributed by atoms with Crippen molar-refractivity contribution in [1.29, 1.82) is 0 Å². The van der Waals surface area contributed by atoms with Crippen LogP contribution < -0.4 is 4.74 Å². The first-order valence-electron chi connectivity index (χ1n) is 13.9. The third-order valence-corrected chi connectivity index (χ3v) is 10.4. The standard InChI is InChI=1S/C30H31F2N5O6S/c1-17-7-8-19(23(29(3,4)28(38)39)21-9-11-37-25(18(21)2)34-35-26(37)24(31)32)12-20(17)13-36-14-30(15-42-16-30)43-27-22(44(36,40)41)6-5-10-33-27/h5-12,23-24H,13-16H2,1-4H3,(H,38,39). The van der Waals surface area contributed by atoms with E-state index in [0.717, 1.165) is 5.56 Å². The molecular weight excluding hydrogens is 596 g/mol. The minimum absolute atomic E-state index is 0.0123. The molecule has 1 aromatic carbocycles. The number of carboxylic acids is 1. The Morgan fingerprint density at radius 3 is 2.57 bits per heavy atom. The molecule has 44 heavy (non-hydrogen) atoms. The van der Waals surface area contributed by atoms with Gasteiger partial charge in [-0.25, -0.2) is 22.2 Å². The van der Waals surface area contributed by atoms with Crippen LogP contribution in [0.15, 0.2) is 53.7 Å². The summed E-state index contributed by atoms with van der Waals surface area (Å²) in [6.07, 6.45) is 0.0620. The molecule has 1 saturated heterocycles. The number of hydrogen-bond donors (Lipinski definition) is 1. The van der Waals surface area contributed by atoms with E-state index in [1.165, 1.54) is 33.2 Å². The van der Waals surface area contributed by atoms with Crippen molar-refractivity contribution in [3.05, 3.63) is 82.4 Å². The van der Waals surface area contributed by atoms with Gasteiger partial charge in [-0.05, 0) is 73.7 Å². The van der Waals surface area contributed by atoms with Gasteiger partial charge in [0.1, 0.15) is 4.90 Å². The minimum Gasteiger partial charge on any atom is -0.481 e. The summed E-state index contributed by atoms with van der Waals surface area (Å²) < 4.78 is 68.9. The van der Waals surface area contributed by atoms with Crippen LogP contribution in [0.5, 0.6) is 5.88 Å². The van der Waals surface area contributed by atoms with Crippen molar-refractivity contribution in [2.75, 3.05) is 19.8 Å². The zero-order valence-electron chi connectivity index (χ0n) is 24.5. The molecule has 6 rings (SSSR count). The first-order chi connectivity index (χ1) is 20.7. The van der Waals surface area contributed by atoms with Gasteiger partial charge in [0.05, 0.1) is 25.2 Å². The molecule has 14 heteroatoms. The van der Waals surface area contributed by atoms with Gasteiger partial charge in [0.25, 0.3) is 6.43 Å². The van der Waals surface area contributed by atoms with Crippen molar-refractivity contribution in [3.8, 4) is 5.88 Å². The molecule has 0 radical (unpaired) electrons. The number of benzene rings is 1. The minimum atomic E-state index is -4.03. The molecular formula is C30H31F2N5O6S. The topological polar surface area (TPSA) is 136 Å². The number of nitrogens with zero attached hydrogens (tertiary/aromatic N) is 5.